The van der Waals surface area contributed by atoms with Gasteiger partial charge in [0.05, 0.1) is 23.5 Å². The molecular formula is C9H11N2O5S2+. The van der Waals surface area contributed by atoms with Crippen molar-refractivity contribution in [1.29, 1.82) is 5.39 Å². The second kappa shape index (κ2) is 5.43. The first-order valence-corrected chi connectivity index (χ1v) is 8.24. The molecule has 9 heteroatoms. The third-order valence-corrected chi connectivity index (χ3v) is 4.25. The van der Waals surface area contributed by atoms with Crippen molar-refractivity contribution >= 4 is 25.6 Å². The molecule has 18 heavy (non-hydrogen) atoms. The van der Waals surface area contributed by atoms with Gasteiger partial charge in [-0.25, -0.2) is 8.42 Å². The van der Waals surface area contributed by atoms with E-state index in [1.165, 1.54) is 24.3 Å². The molecule has 1 rings (SSSR count). The van der Waals surface area contributed by atoms with Crippen molar-refractivity contribution in [3.8, 4) is 0 Å². The van der Waals surface area contributed by atoms with Crippen molar-refractivity contribution < 1.29 is 21.0 Å². The maximum absolute atomic E-state index is 11.7. The van der Waals surface area contributed by atoms with Crippen LogP contribution < -0.4 is 0 Å². The Balaban J connectivity index is 2.78. The Bertz CT molecular complexity index is 656. The highest BCUT2D eigenvalue weighted by Crippen LogP contribution is 2.17. The minimum atomic E-state index is -3.65. The summed E-state index contributed by atoms with van der Waals surface area (Å²) in [7, 11) is -7.27. The molecule has 0 saturated heterocycles. The molecule has 0 aliphatic heterocycles. The summed E-state index contributed by atoms with van der Waals surface area (Å²) >= 11 is 0. The van der Waals surface area contributed by atoms with Crippen molar-refractivity contribution in [2.45, 2.75) is 4.90 Å². The van der Waals surface area contributed by atoms with Crippen LogP contribution in [0.4, 0.5) is 5.69 Å². The van der Waals surface area contributed by atoms with Crippen molar-refractivity contribution in [3.63, 3.8) is 0 Å². The van der Waals surface area contributed by atoms with Crippen LogP contribution in [0.3, 0.4) is 0 Å². The van der Waals surface area contributed by atoms with Crippen LogP contribution in [0.15, 0.2) is 29.2 Å². The van der Waals surface area contributed by atoms with Gasteiger partial charge in [0, 0.05) is 12.1 Å². The van der Waals surface area contributed by atoms with Gasteiger partial charge in [0.1, 0.15) is 0 Å². The number of sulfone groups is 1. The first-order valence-electron chi connectivity index (χ1n) is 4.77. The molecule has 0 heterocycles. The monoisotopic (exact) mass is 291 g/mol. The van der Waals surface area contributed by atoms with Crippen LogP contribution in [0.2, 0.25) is 0 Å². The summed E-state index contributed by atoms with van der Waals surface area (Å²) in [6.45, 7) is -0.437. The lowest BCUT2D eigenvalue weighted by molar-refractivity contribution is 0.343. The van der Waals surface area contributed by atoms with Gasteiger partial charge in [0.2, 0.25) is 5.39 Å². The van der Waals surface area contributed by atoms with Crippen LogP contribution in [0.5, 0.6) is 0 Å². The molecule has 0 atom stereocenters. The molecule has 0 N–H and O–H groups in total. The third kappa shape index (κ3) is 4.40. The molecule has 0 saturated carbocycles. The van der Waals surface area contributed by atoms with Crippen molar-refractivity contribution in [3.05, 3.63) is 29.2 Å². The molecule has 1 aromatic carbocycles. The molecule has 1 aromatic rings. The molecule has 0 aliphatic carbocycles. The van der Waals surface area contributed by atoms with E-state index in [-0.39, 0.29) is 10.6 Å². The van der Waals surface area contributed by atoms with Gasteiger partial charge in [-0.1, -0.05) is 0 Å². The molecule has 0 aliphatic rings. The summed E-state index contributed by atoms with van der Waals surface area (Å²) in [5.41, 5.74) is 0.223. The second-order valence-electron chi connectivity index (χ2n) is 3.44. The van der Waals surface area contributed by atoms with E-state index in [9.17, 15) is 16.8 Å². The Kier molecular flexibility index (Phi) is 4.39. The third-order valence-electron chi connectivity index (χ3n) is 1.96. The van der Waals surface area contributed by atoms with Gasteiger partial charge >= 0.3 is 5.69 Å². The standard InChI is InChI=1S/C9H11N2O5S2/c1-17(12,13)16-6-7-18(14,15)9-4-2-8(11-10)3-5-9/h2-5H,6-7H2,1H3/q+1. The van der Waals surface area contributed by atoms with Gasteiger partial charge in [-0.15, -0.1) is 0 Å². The summed E-state index contributed by atoms with van der Waals surface area (Å²) in [6, 6.07) is 5.18. The zero-order valence-electron chi connectivity index (χ0n) is 9.48. The summed E-state index contributed by atoms with van der Waals surface area (Å²) in [6.07, 6.45) is 0.844. The smallest absolute Gasteiger partial charge is 0.269 e. The number of nitrogens with zero attached hydrogens (tertiary/aromatic N) is 2. The van der Waals surface area contributed by atoms with E-state index in [1.807, 2.05) is 0 Å². The van der Waals surface area contributed by atoms with E-state index in [1.54, 1.807) is 0 Å². The van der Waals surface area contributed by atoms with Gasteiger partial charge in [-0.3, -0.25) is 4.18 Å². The highest BCUT2D eigenvalue weighted by atomic mass is 32.2. The fourth-order valence-electron chi connectivity index (χ4n) is 1.13. The molecule has 0 bridgehead atoms. The normalized spacial score (nSPS) is 12.0. The number of hydrogen-bond acceptors (Lipinski definition) is 6. The minimum Gasteiger partial charge on any atom is -0.269 e. The van der Waals surface area contributed by atoms with E-state index in [4.69, 9.17) is 5.39 Å². The van der Waals surface area contributed by atoms with E-state index < -0.39 is 32.3 Å². The molecule has 98 valence electrons. The van der Waals surface area contributed by atoms with E-state index in [0.29, 0.717) is 0 Å². The van der Waals surface area contributed by atoms with Crippen LogP contribution in [0.1, 0.15) is 0 Å². The Hall–Kier alpha value is -1.50. The minimum absolute atomic E-state index is 0.00648. The van der Waals surface area contributed by atoms with Crippen molar-refractivity contribution in [2.75, 3.05) is 18.6 Å². The topological polar surface area (TPSA) is 106 Å². The maximum Gasteiger partial charge on any atom is 0.385 e. The quantitative estimate of drug-likeness (QED) is 0.590. The first kappa shape index (κ1) is 14.6. The van der Waals surface area contributed by atoms with Gasteiger partial charge < -0.3 is 0 Å². The average molecular weight is 291 g/mol. The molecule has 0 unspecified atom stereocenters. The second-order valence-corrected chi connectivity index (χ2v) is 7.19. The van der Waals surface area contributed by atoms with Crippen molar-refractivity contribution in [1.82, 2.24) is 0 Å². The van der Waals surface area contributed by atoms with E-state index >= 15 is 0 Å². The Morgan fingerprint density at radius 2 is 1.72 bits per heavy atom. The molecule has 0 spiro atoms. The SMILES string of the molecule is CS(=O)(=O)OCCS(=O)(=O)c1ccc([N+]#N)cc1. The van der Waals surface area contributed by atoms with Crippen LogP contribution in [0.25, 0.3) is 4.98 Å². The van der Waals surface area contributed by atoms with E-state index in [2.05, 4.69) is 9.16 Å². The lowest BCUT2D eigenvalue weighted by Crippen LogP contribution is -2.15. The molecule has 0 fully saturated rings. The number of benzene rings is 1. The molecular weight excluding hydrogens is 280 g/mol. The van der Waals surface area contributed by atoms with Crippen LogP contribution >= 0.6 is 0 Å². The Morgan fingerprint density at radius 1 is 1.17 bits per heavy atom. The molecule has 7 nitrogen and oxygen atoms in total. The predicted octanol–water partition coefficient (Wildman–Crippen LogP) is 0.921. The van der Waals surface area contributed by atoms with Gasteiger partial charge in [-0.2, -0.15) is 8.42 Å². The number of rotatable bonds is 5. The largest absolute Gasteiger partial charge is 0.385 e. The van der Waals surface area contributed by atoms with Gasteiger partial charge in [0.15, 0.2) is 14.8 Å². The van der Waals surface area contributed by atoms with Crippen LogP contribution in [-0.2, 0) is 24.1 Å². The summed E-state index contributed by atoms with van der Waals surface area (Å²) < 4.78 is 49.2. The maximum atomic E-state index is 11.7. The lowest BCUT2D eigenvalue weighted by atomic mass is 10.3. The number of diazo groups is 1. The van der Waals surface area contributed by atoms with Crippen LogP contribution in [0, 0.1) is 5.39 Å². The number of hydrogen-bond donors (Lipinski definition) is 0. The van der Waals surface area contributed by atoms with Crippen molar-refractivity contribution in [2.24, 2.45) is 0 Å². The lowest BCUT2D eigenvalue weighted by Gasteiger charge is -2.03. The fraction of sp³-hybridized carbons (Fsp3) is 0.333. The average Bonchev–Trinajstić information content (AvgIpc) is 2.27. The predicted molar refractivity (Wildman–Crippen MR) is 64.0 cm³/mol. The zero-order valence-corrected chi connectivity index (χ0v) is 11.1. The molecule has 0 amide bonds. The summed E-state index contributed by atoms with van der Waals surface area (Å²) in [5, 5.41) is 8.45. The van der Waals surface area contributed by atoms with Crippen LogP contribution in [-0.4, -0.2) is 35.5 Å². The first-order chi connectivity index (χ1) is 8.24. The Morgan fingerprint density at radius 3 is 2.17 bits per heavy atom. The fourth-order valence-corrected chi connectivity index (χ4v) is 2.71. The highest BCUT2D eigenvalue weighted by Gasteiger charge is 2.17. The zero-order chi connectivity index (χ0) is 13.8. The van der Waals surface area contributed by atoms with Gasteiger partial charge in [-0.05, 0) is 12.1 Å². The summed E-state index contributed by atoms with van der Waals surface area (Å²) in [4.78, 5) is 2.90. The Labute approximate surface area is 105 Å². The molecule has 0 radical (unpaired) electrons. The van der Waals surface area contributed by atoms with E-state index in [0.717, 1.165) is 6.26 Å². The molecule has 0 aromatic heterocycles. The highest BCUT2D eigenvalue weighted by molar-refractivity contribution is 7.91. The summed E-state index contributed by atoms with van der Waals surface area (Å²) in [5.74, 6) is -0.449. The van der Waals surface area contributed by atoms with Gasteiger partial charge in [0.25, 0.3) is 10.1 Å².